The number of benzene rings is 2. The minimum atomic E-state index is -4.53. The SMILES string of the molecule is COc1ccccc1C(=O)N/N=C1\CCCc2oc(C(=O)Nc3cccc(C(F)(F)F)c3)c(C)c21. The van der Waals surface area contributed by atoms with Crippen LogP contribution in [0.2, 0.25) is 0 Å². The summed E-state index contributed by atoms with van der Waals surface area (Å²) in [5.74, 6) is -0.201. The van der Waals surface area contributed by atoms with E-state index in [1.54, 1.807) is 31.2 Å². The van der Waals surface area contributed by atoms with Crippen molar-refractivity contribution >= 4 is 23.2 Å². The molecule has 2 amide bonds. The van der Waals surface area contributed by atoms with Crippen LogP contribution in [0.15, 0.2) is 58.0 Å². The molecule has 1 aliphatic rings. The Morgan fingerprint density at radius 1 is 1.06 bits per heavy atom. The number of furan rings is 1. The van der Waals surface area contributed by atoms with Gasteiger partial charge in [0, 0.05) is 23.2 Å². The van der Waals surface area contributed by atoms with Gasteiger partial charge in [0.05, 0.1) is 23.9 Å². The fourth-order valence-corrected chi connectivity index (χ4v) is 3.97. The second-order valence-electron chi connectivity index (χ2n) is 7.94. The Labute approximate surface area is 199 Å². The van der Waals surface area contributed by atoms with Crippen molar-refractivity contribution in [2.45, 2.75) is 32.4 Å². The standard InChI is InChI=1S/C25H22F3N3O4/c1-14-21-18(30-31-23(32)17-9-3-4-11-19(17)34-2)10-6-12-20(21)35-22(14)24(33)29-16-8-5-7-15(13-16)25(26,27)28/h3-5,7-9,11,13H,6,10,12H2,1-2H3,(H,29,33)(H,31,32)/b30-18+. The molecule has 0 saturated heterocycles. The average Bonchev–Trinajstić information content (AvgIpc) is 3.19. The average molecular weight is 485 g/mol. The number of amides is 2. The van der Waals surface area contributed by atoms with Crippen molar-refractivity contribution in [1.29, 1.82) is 0 Å². The van der Waals surface area contributed by atoms with Crippen LogP contribution < -0.4 is 15.5 Å². The van der Waals surface area contributed by atoms with Crippen molar-refractivity contribution in [3.63, 3.8) is 0 Å². The lowest BCUT2D eigenvalue weighted by Crippen LogP contribution is -2.22. The molecule has 0 fully saturated rings. The van der Waals surface area contributed by atoms with Crippen molar-refractivity contribution in [1.82, 2.24) is 5.43 Å². The Bertz CT molecular complexity index is 1310. The topological polar surface area (TPSA) is 92.9 Å². The molecule has 182 valence electrons. The fourth-order valence-electron chi connectivity index (χ4n) is 3.97. The van der Waals surface area contributed by atoms with Crippen LogP contribution in [0.3, 0.4) is 0 Å². The van der Waals surface area contributed by atoms with Gasteiger partial charge in [-0.25, -0.2) is 5.43 Å². The molecule has 0 spiro atoms. The smallest absolute Gasteiger partial charge is 0.416 e. The second kappa shape index (κ2) is 9.65. The van der Waals surface area contributed by atoms with Gasteiger partial charge in [-0.1, -0.05) is 18.2 Å². The highest BCUT2D eigenvalue weighted by Gasteiger charge is 2.31. The first-order valence-corrected chi connectivity index (χ1v) is 10.8. The predicted octanol–water partition coefficient (Wildman–Crippen LogP) is 5.34. The van der Waals surface area contributed by atoms with Crippen LogP contribution in [0.25, 0.3) is 0 Å². The van der Waals surface area contributed by atoms with Gasteiger partial charge >= 0.3 is 6.18 Å². The molecule has 10 heteroatoms. The van der Waals surface area contributed by atoms with Gasteiger partial charge in [-0.3, -0.25) is 9.59 Å². The summed E-state index contributed by atoms with van der Waals surface area (Å²) in [4.78, 5) is 25.4. The number of aryl methyl sites for hydroxylation is 1. The van der Waals surface area contributed by atoms with Crippen LogP contribution in [0, 0.1) is 6.92 Å². The van der Waals surface area contributed by atoms with Gasteiger partial charge < -0.3 is 14.5 Å². The molecule has 0 bridgehead atoms. The Hall–Kier alpha value is -4.08. The zero-order chi connectivity index (χ0) is 25.2. The molecule has 2 N–H and O–H groups in total. The van der Waals surface area contributed by atoms with Gasteiger partial charge in [0.15, 0.2) is 5.76 Å². The molecule has 0 saturated carbocycles. The monoisotopic (exact) mass is 485 g/mol. The molecule has 35 heavy (non-hydrogen) atoms. The van der Waals surface area contributed by atoms with Gasteiger partial charge in [0.25, 0.3) is 11.8 Å². The Morgan fingerprint density at radius 3 is 2.57 bits per heavy atom. The lowest BCUT2D eigenvalue weighted by molar-refractivity contribution is -0.137. The summed E-state index contributed by atoms with van der Waals surface area (Å²) in [5.41, 5.74) is 3.64. The number of alkyl halides is 3. The maximum Gasteiger partial charge on any atom is 0.416 e. The van der Waals surface area contributed by atoms with Crippen molar-refractivity contribution in [3.05, 3.63) is 82.3 Å². The van der Waals surface area contributed by atoms with E-state index < -0.39 is 23.6 Å². The Balaban J connectivity index is 1.57. The zero-order valence-corrected chi connectivity index (χ0v) is 19.0. The van der Waals surface area contributed by atoms with Crippen LogP contribution in [-0.2, 0) is 12.6 Å². The molecule has 3 aromatic rings. The first-order valence-electron chi connectivity index (χ1n) is 10.8. The molecule has 0 radical (unpaired) electrons. The molecule has 4 rings (SSSR count). The van der Waals surface area contributed by atoms with E-state index >= 15 is 0 Å². The summed E-state index contributed by atoms with van der Waals surface area (Å²) >= 11 is 0. The number of fused-ring (bicyclic) bond motifs is 1. The van der Waals surface area contributed by atoms with Gasteiger partial charge in [-0.15, -0.1) is 0 Å². The number of halogens is 3. The van der Waals surface area contributed by atoms with E-state index in [-0.39, 0.29) is 11.4 Å². The summed E-state index contributed by atoms with van der Waals surface area (Å²) in [6.07, 6.45) is -2.72. The lowest BCUT2D eigenvalue weighted by Gasteiger charge is -2.14. The molecule has 0 unspecified atom stereocenters. The van der Waals surface area contributed by atoms with E-state index in [1.165, 1.54) is 19.2 Å². The number of hydrogen-bond acceptors (Lipinski definition) is 5. The normalized spacial score (nSPS) is 14.4. The quantitative estimate of drug-likeness (QED) is 0.478. The summed E-state index contributed by atoms with van der Waals surface area (Å²) in [6, 6.07) is 11.1. The number of para-hydroxylation sites is 1. The molecule has 1 aromatic heterocycles. The Morgan fingerprint density at radius 2 is 1.83 bits per heavy atom. The highest BCUT2D eigenvalue weighted by molar-refractivity contribution is 6.09. The molecular formula is C25H22F3N3O4. The fraction of sp³-hybridized carbons (Fsp3) is 0.240. The second-order valence-corrected chi connectivity index (χ2v) is 7.94. The van der Waals surface area contributed by atoms with Gasteiger partial charge in [-0.05, 0) is 50.1 Å². The summed E-state index contributed by atoms with van der Waals surface area (Å²) < 4.78 is 50.0. The van der Waals surface area contributed by atoms with E-state index in [0.29, 0.717) is 53.2 Å². The van der Waals surface area contributed by atoms with E-state index in [2.05, 4.69) is 15.8 Å². The lowest BCUT2D eigenvalue weighted by atomic mass is 9.93. The highest BCUT2D eigenvalue weighted by Crippen LogP contribution is 2.32. The van der Waals surface area contributed by atoms with Crippen LogP contribution >= 0.6 is 0 Å². The third-order valence-electron chi connectivity index (χ3n) is 5.62. The number of methoxy groups -OCH3 is 1. The molecular weight excluding hydrogens is 463 g/mol. The van der Waals surface area contributed by atoms with Gasteiger partial charge in [0.2, 0.25) is 0 Å². The van der Waals surface area contributed by atoms with Crippen molar-refractivity contribution < 1.29 is 31.9 Å². The zero-order valence-electron chi connectivity index (χ0n) is 19.0. The molecule has 1 aliphatic carbocycles. The third kappa shape index (κ3) is 5.06. The number of nitrogens with zero attached hydrogens (tertiary/aromatic N) is 1. The molecule has 2 aromatic carbocycles. The first-order chi connectivity index (χ1) is 16.7. The highest BCUT2D eigenvalue weighted by atomic mass is 19.4. The third-order valence-corrected chi connectivity index (χ3v) is 5.62. The number of anilines is 1. The largest absolute Gasteiger partial charge is 0.496 e. The maximum absolute atomic E-state index is 13.0. The number of carbonyl (C=O) groups is 2. The van der Waals surface area contributed by atoms with E-state index in [0.717, 1.165) is 12.1 Å². The summed E-state index contributed by atoms with van der Waals surface area (Å²) in [7, 11) is 1.46. The number of nitrogens with one attached hydrogen (secondary N) is 2. The van der Waals surface area contributed by atoms with Crippen molar-refractivity contribution in [2.24, 2.45) is 5.10 Å². The minimum Gasteiger partial charge on any atom is -0.496 e. The maximum atomic E-state index is 13.0. The molecule has 0 aliphatic heterocycles. The van der Waals surface area contributed by atoms with Gasteiger partial charge in [-0.2, -0.15) is 18.3 Å². The van der Waals surface area contributed by atoms with Crippen LogP contribution in [0.4, 0.5) is 18.9 Å². The number of ether oxygens (including phenoxy) is 1. The number of rotatable bonds is 5. The van der Waals surface area contributed by atoms with E-state index in [1.807, 2.05) is 0 Å². The first kappa shape index (κ1) is 24.1. The van der Waals surface area contributed by atoms with Crippen LogP contribution in [-0.4, -0.2) is 24.6 Å². The molecule has 7 nitrogen and oxygen atoms in total. The molecule has 0 atom stereocenters. The minimum absolute atomic E-state index is 0.00319. The van der Waals surface area contributed by atoms with Crippen LogP contribution in [0.1, 0.15) is 56.2 Å². The van der Waals surface area contributed by atoms with E-state index in [9.17, 15) is 22.8 Å². The predicted molar refractivity (Wildman–Crippen MR) is 123 cm³/mol. The van der Waals surface area contributed by atoms with Crippen LogP contribution in [0.5, 0.6) is 5.75 Å². The Kier molecular flexibility index (Phi) is 6.63. The number of hydrogen-bond donors (Lipinski definition) is 2. The summed E-state index contributed by atoms with van der Waals surface area (Å²) in [6.45, 7) is 1.67. The number of hydrazone groups is 1. The van der Waals surface area contributed by atoms with Gasteiger partial charge in [0.1, 0.15) is 11.5 Å². The summed E-state index contributed by atoms with van der Waals surface area (Å²) in [5, 5.41) is 6.74. The van der Waals surface area contributed by atoms with Crippen molar-refractivity contribution in [2.75, 3.05) is 12.4 Å². The number of carbonyl (C=O) groups excluding carboxylic acids is 2. The van der Waals surface area contributed by atoms with E-state index in [4.69, 9.17) is 9.15 Å². The molecule has 1 heterocycles. The van der Waals surface area contributed by atoms with Crippen molar-refractivity contribution in [3.8, 4) is 5.75 Å².